The Hall–Kier alpha value is -2.36. The predicted molar refractivity (Wildman–Crippen MR) is 77.7 cm³/mol. The fraction of sp³-hybridized carbons (Fsp3) is 0.235. The molecular weight excluding hydrogens is 269 g/mol. The number of carbonyl (C=O) groups excluding carboxylic acids is 1. The van der Waals surface area contributed by atoms with Crippen molar-refractivity contribution in [3.05, 3.63) is 65.5 Å². The van der Waals surface area contributed by atoms with Crippen LogP contribution in [0.25, 0.3) is 0 Å². The number of carbonyl (C=O) groups is 1. The third-order valence-electron chi connectivity index (χ3n) is 3.54. The molecule has 0 radical (unpaired) electrons. The number of hydrogen-bond acceptors (Lipinski definition) is 2. The minimum absolute atomic E-state index is 0.123. The van der Waals surface area contributed by atoms with E-state index in [-0.39, 0.29) is 11.7 Å². The highest BCUT2D eigenvalue weighted by molar-refractivity contribution is 5.82. The Morgan fingerprint density at radius 2 is 2.10 bits per heavy atom. The van der Waals surface area contributed by atoms with Gasteiger partial charge in [0.1, 0.15) is 11.6 Å². The van der Waals surface area contributed by atoms with E-state index in [1.54, 1.807) is 6.07 Å². The molecular formula is C17H16FNO2. The molecule has 0 saturated carbocycles. The van der Waals surface area contributed by atoms with Crippen molar-refractivity contribution in [1.82, 2.24) is 5.32 Å². The van der Waals surface area contributed by atoms with Gasteiger partial charge in [0.15, 0.2) is 6.10 Å². The highest BCUT2D eigenvalue weighted by Gasteiger charge is 2.28. The van der Waals surface area contributed by atoms with Gasteiger partial charge in [0.2, 0.25) is 0 Å². The van der Waals surface area contributed by atoms with Gasteiger partial charge < -0.3 is 10.1 Å². The lowest BCUT2D eigenvalue weighted by Gasteiger charge is -2.11. The molecule has 108 valence electrons. The van der Waals surface area contributed by atoms with E-state index in [4.69, 9.17) is 4.74 Å². The van der Waals surface area contributed by atoms with Crippen LogP contribution in [0, 0.1) is 5.82 Å². The highest BCUT2D eigenvalue weighted by atomic mass is 19.1. The number of hydrogen-bond donors (Lipinski definition) is 1. The zero-order valence-corrected chi connectivity index (χ0v) is 11.5. The van der Waals surface area contributed by atoms with Crippen molar-refractivity contribution in [3.63, 3.8) is 0 Å². The van der Waals surface area contributed by atoms with E-state index in [9.17, 15) is 9.18 Å². The normalized spacial score (nSPS) is 16.1. The van der Waals surface area contributed by atoms with Gasteiger partial charge in [0.25, 0.3) is 5.91 Å². The molecule has 0 saturated heterocycles. The zero-order valence-electron chi connectivity index (χ0n) is 11.5. The molecule has 2 aromatic carbocycles. The van der Waals surface area contributed by atoms with Crippen LogP contribution in [0.1, 0.15) is 11.1 Å². The molecule has 1 aliphatic heterocycles. The first-order valence-electron chi connectivity index (χ1n) is 6.99. The van der Waals surface area contributed by atoms with Crippen molar-refractivity contribution in [2.24, 2.45) is 0 Å². The van der Waals surface area contributed by atoms with Gasteiger partial charge in [-0.3, -0.25) is 4.79 Å². The number of rotatable bonds is 4. The van der Waals surface area contributed by atoms with E-state index in [2.05, 4.69) is 5.32 Å². The van der Waals surface area contributed by atoms with Crippen LogP contribution in [0.5, 0.6) is 5.75 Å². The number of nitrogens with one attached hydrogen (secondary N) is 1. The molecule has 1 N–H and O–H groups in total. The molecule has 21 heavy (non-hydrogen) atoms. The van der Waals surface area contributed by atoms with E-state index in [1.807, 2.05) is 30.3 Å². The van der Waals surface area contributed by atoms with Crippen molar-refractivity contribution in [3.8, 4) is 5.75 Å². The number of amides is 1. The van der Waals surface area contributed by atoms with Crippen LogP contribution in [0.15, 0.2) is 48.5 Å². The molecule has 2 aromatic rings. The minimum atomic E-state index is -0.463. The molecule has 1 heterocycles. The summed E-state index contributed by atoms with van der Waals surface area (Å²) in [5.41, 5.74) is 1.92. The van der Waals surface area contributed by atoms with Crippen LogP contribution in [-0.4, -0.2) is 18.6 Å². The fourth-order valence-corrected chi connectivity index (χ4v) is 2.46. The monoisotopic (exact) mass is 285 g/mol. The maximum absolute atomic E-state index is 13.0. The molecule has 4 heteroatoms. The van der Waals surface area contributed by atoms with Crippen LogP contribution >= 0.6 is 0 Å². The maximum atomic E-state index is 13.0. The average Bonchev–Trinajstić information content (AvgIpc) is 2.91. The highest BCUT2D eigenvalue weighted by Crippen LogP contribution is 2.28. The lowest BCUT2D eigenvalue weighted by molar-refractivity contribution is -0.127. The molecule has 0 bridgehead atoms. The van der Waals surface area contributed by atoms with Gasteiger partial charge in [-0.25, -0.2) is 4.39 Å². The van der Waals surface area contributed by atoms with Gasteiger partial charge in [-0.1, -0.05) is 30.3 Å². The summed E-state index contributed by atoms with van der Waals surface area (Å²) >= 11 is 0. The lowest BCUT2D eigenvalue weighted by atomic mass is 10.1. The standard InChI is InChI=1S/C17H16FNO2/c18-14-6-3-4-12(10-14)8-9-19-17(20)16-11-13-5-1-2-7-15(13)21-16/h1-7,10,16H,8-9,11H2,(H,19,20)/t16-/m0/s1. The molecule has 3 nitrogen and oxygen atoms in total. The molecule has 3 rings (SSSR count). The molecule has 0 unspecified atom stereocenters. The molecule has 0 spiro atoms. The second-order valence-corrected chi connectivity index (χ2v) is 5.09. The number of fused-ring (bicyclic) bond motifs is 1. The van der Waals surface area contributed by atoms with E-state index in [0.717, 1.165) is 16.9 Å². The van der Waals surface area contributed by atoms with Gasteiger partial charge in [0.05, 0.1) is 0 Å². The van der Waals surface area contributed by atoms with Gasteiger partial charge in [-0.15, -0.1) is 0 Å². The summed E-state index contributed by atoms with van der Waals surface area (Å²) in [6.45, 7) is 0.471. The summed E-state index contributed by atoms with van der Waals surface area (Å²) in [7, 11) is 0. The van der Waals surface area contributed by atoms with Crippen LogP contribution < -0.4 is 10.1 Å². The summed E-state index contributed by atoms with van der Waals surface area (Å²) in [6, 6.07) is 14.1. The first-order valence-corrected chi connectivity index (χ1v) is 6.99. The van der Waals surface area contributed by atoms with Crippen molar-refractivity contribution in [2.75, 3.05) is 6.54 Å². The maximum Gasteiger partial charge on any atom is 0.261 e. The lowest BCUT2D eigenvalue weighted by Crippen LogP contribution is -2.38. The zero-order chi connectivity index (χ0) is 14.7. The Labute approximate surface area is 122 Å². The van der Waals surface area contributed by atoms with Crippen molar-refractivity contribution in [2.45, 2.75) is 18.9 Å². The summed E-state index contributed by atoms with van der Waals surface area (Å²) in [4.78, 5) is 12.1. The Morgan fingerprint density at radius 1 is 1.24 bits per heavy atom. The van der Waals surface area contributed by atoms with E-state index < -0.39 is 6.10 Å². The minimum Gasteiger partial charge on any atom is -0.480 e. The number of ether oxygens (including phenoxy) is 1. The van der Waals surface area contributed by atoms with Gasteiger partial charge >= 0.3 is 0 Å². The van der Waals surface area contributed by atoms with Crippen molar-refractivity contribution >= 4 is 5.91 Å². The third-order valence-corrected chi connectivity index (χ3v) is 3.54. The fourth-order valence-electron chi connectivity index (χ4n) is 2.46. The molecule has 1 aliphatic rings. The van der Waals surface area contributed by atoms with E-state index in [1.165, 1.54) is 12.1 Å². The Balaban J connectivity index is 1.50. The van der Waals surface area contributed by atoms with Crippen LogP contribution in [0.4, 0.5) is 4.39 Å². The summed E-state index contributed by atoms with van der Waals surface area (Å²) in [6.07, 6.45) is 0.736. The van der Waals surface area contributed by atoms with E-state index >= 15 is 0 Å². The third kappa shape index (κ3) is 3.21. The van der Waals surface area contributed by atoms with Gasteiger partial charge in [0, 0.05) is 13.0 Å². The largest absolute Gasteiger partial charge is 0.480 e. The summed E-state index contributed by atoms with van der Waals surface area (Å²) < 4.78 is 18.7. The average molecular weight is 285 g/mol. The first kappa shape index (κ1) is 13.6. The van der Waals surface area contributed by atoms with Crippen molar-refractivity contribution < 1.29 is 13.9 Å². The molecule has 0 aliphatic carbocycles. The quantitative estimate of drug-likeness (QED) is 0.937. The number of benzene rings is 2. The second kappa shape index (κ2) is 5.95. The topological polar surface area (TPSA) is 38.3 Å². The number of para-hydroxylation sites is 1. The molecule has 0 fully saturated rings. The Bertz CT molecular complexity index is 632. The summed E-state index contributed by atoms with van der Waals surface area (Å²) in [5, 5.41) is 2.84. The smallest absolute Gasteiger partial charge is 0.261 e. The van der Waals surface area contributed by atoms with Crippen molar-refractivity contribution in [1.29, 1.82) is 0 Å². The van der Waals surface area contributed by atoms with Crippen LogP contribution in [0.2, 0.25) is 0 Å². The SMILES string of the molecule is O=C(NCCc1cccc(F)c1)[C@@H]1Cc2ccccc2O1. The number of halogens is 1. The molecule has 1 amide bonds. The van der Waals surface area contributed by atoms with Gasteiger partial charge in [-0.05, 0) is 35.7 Å². The Kier molecular flexibility index (Phi) is 3.86. The Morgan fingerprint density at radius 3 is 2.90 bits per heavy atom. The first-order chi connectivity index (χ1) is 10.2. The van der Waals surface area contributed by atoms with E-state index in [0.29, 0.717) is 19.4 Å². The molecule has 1 atom stereocenters. The molecule has 0 aromatic heterocycles. The predicted octanol–water partition coefficient (Wildman–Crippen LogP) is 2.49. The summed E-state index contributed by atoms with van der Waals surface area (Å²) in [5.74, 6) is 0.402. The van der Waals surface area contributed by atoms with Crippen LogP contribution in [-0.2, 0) is 17.6 Å². The van der Waals surface area contributed by atoms with Crippen LogP contribution in [0.3, 0.4) is 0 Å². The van der Waals surface area contributed by atoms with Gasteiger partial charge in [-0.2, -0.15) is 0 Å². The second-order valence-electron chi connectivity index (χ2n) is 5.09.